The largest absolute Gasteiger partial charge is 0.235 e. The zero-order valence-corrected chi connectivity index (χ0v) is 11.4. The van der Waals surface area contributed by atoms with Crippen molar-refractivity contribution in [2.75, 3.05) is 0 Å². The van der Waals surface area contributed by atoms with Gasteiger partial charge in [-0.25, -0.2) is 40.5 Å². The van der Waals surface area contributed by atoms with Crippen molar-refractivity contribution < 1.29 is 20.1 Å². The zero-order chi connectivity index (χ0) is 17.4. The minimum Gasteiger partial charge on any atom is -0.235 e. The van der Waals surface area contributed by atoms with Gasteiger partial charge in [0.05, 0.1) is 0 Å². The zero-order valence-electron chi connectivity index (χ0n) is 11.4. The summed E-state index contributed by atoms with van der Waals surface area (Å²) in [7, 11) is 0. The van der Waals surface area contributed by atoms with Crippen LogP contribution in [0.15, 0.2) is 0 Å². The van der Waals surface area contributed by atoms with Crippen LogP contribution >= 0.6 is 0 Å². The van der Waals surface area contributed by atoms with E-state index in [9.17, 15) is 40.5 Å². The molecule has 16 heteroatoms. The fourth-order valence-electron chi connectivity index (χ4n) is 7.57. The van der Waals surface area contributed by atoms with Crippen LogP contribution in [0.25, 0.3) is 0 Å². The maximum absolute atomic E-state index is 10.9. The first-order valence-corrected chi connectivity index (χ1v) is 6.82. The summed E-state index contributed by atoms with van der Waals surface area (Å²) in [6.07, 6.45) is 0. The lowest BCUT2D eigenvalue weighted by atomic mass is 8.91. The number of rotatable bonds is 8. The second-order valence-electron chi connectivity index (χ2n) is 6.94. The lowest BCUT2D eigenvalue weighted by Crippen LogP contribution is -3.34. The van der Waals surface area contributed by atoms with Gasteiger partial charge in [0.15, 0.2) is 20.1 Å². The van der Waals surface area contributed by atoms with E-state index >= 15 is 0 Å². The molecule has 6 rings (SSSR count). The van der Waals surface area contributed by atoms with Crippen LogP contribution in [0.4, 0.5) is 0 Å². The summed E-state index contributed by atoms with van der Waals surface area (Å²) in [6.45, 7) is 0. The highest BCUT2D eigenvalue weighted by Crippen LogP contribution is 3.05. The number of nitrogens with one attached hydrogen (secondary N) is 4. The van der Waals surface area contributed by atoms with Gasteiger partial charge in [0.2, 0.25) is 0 Å². The molecule has 24 heavy (non-hydrogen) atoms. The lowest BCUT2D eigenvalue weighted by Gasteiger charge is -3.11. The Hall–Kier alpha value is -3.20. The third-order valence-electron chi connectivity index (χ3n) is 6.87. The van der Waals surface area contributed by atoms with Crippen LogP contribution in [-0.2, 0) is 0 Å². The molecule has 6 saturated carbocycles. The van der Waals surface area contributed by atoms with Crippen LogP contribution in [0.3, 0.4) is 0 Å². The van der Waals surface area contributed by atoms with Crippen molar-refractivity contribution in [2.24, 2.45) is 23.7 Å². The Morgan fingerprint density at radius 1 is 0.500 bits per heavy atom. The van der Waals surface area contributed by atoms with Gasteiger partial charge in [0.1, 0.15) is 22.2 Å². The molecule has 0 amide bonds. The van der Waals surface area contributed by atoms with E-state index < -0.39 is 66.0 Å². The van der Waals surface area contributed by atoms with Crippen molar-refractivity contribution in [1.29, 1.82) is 0 Å². The summed E-state index contributed by atoms with van der Waals surface area (Å²) < 4.78 is 0. The van der Waals surface area contributed by atoms with Gasteiger partial charge in [-0.15, -0.1) is 21.7 Å². The summed E-state index contributed by atoms with van der Waals surface area (Å²) in [5.41, 5.74) is 3.53. The van der Waals surface area contributed by atoms with Gasteiger partial charge in [0.25, 0.3) is 0 Å². The normalized spacial score (nSPS) is 55.0. The molecule has 6 fully saturated rings. The molecule has 6 aliphatic rings. The van der Waals surface area contributed by atoms with Gasteiger partial charge < -0.3 is 0 Å². The molecule has 128 valence electrons. The molecular formula is C8H8N8O8. The molecule has 0 saturated heterocycles. The van der Waals surface area contributed by atoms with E-state index in [1.165, 1.54) is 0 Å². The van der Waals surface area contributed by atoms with Crippen LogP contribution < -0.4 is 21.7 Å². The fraction of sp³-hybridized carbons (Fsp3) is 1.00. The van der Waals surface area contributed by atoms with Crippen molar-refractivity contribution in [2.45, 2.75) is 22.2 Å². The van der Waals surface area contributed by atoms with Gasteiger partial charge in [-0.2, -0.15) is 0 Å². The van der Waals surface area contributed by atoms with E-state index in [1.807, 2.05) is 0 Å². The highest BCUT2D eigenvalue weighted by atomic mass is 16.7. The standard InChI is InChI=1S/C8H8N8O8/c17-13(18)9-5-1-6(10-14(19)20)2(5)8(12-16(23)24)3(5)7(1,4(6)8)11-15(21)22/h1-4,9-12H. The van der Waals surface area contributed by atoms with Crippen LogP contribution in [0.2, 0.25) is 0 Å². The Balaban J connectivity index is 1.57. The van der Waals surface area contributed by atoms with E-state index in [0.29, 0.717) is 0 Å². The molecule has 0 aromatic carbocycles. The quantitative estimate of drug-likeness (QED) is 0.250. The number of hydrazine groups is 4. The lowest BCUT2D eigenvalue weighted by molar-refractivity contribution is -0.769. The van der Waals surface area contributed by atoms with E-state index in [1.54, 1.807) is 0 Å². The molecule has 0 aromatic heterocycles. The Labute approximate surface area is 129 Å². The van der Waals surface area contributed by atoms with E-state index in [4.69, 9.17) is 0 Å². The summed E-state index contributed by atoms with van der Waals surface area (Å²) in [6, 6.07) is 0. The average molecular weight is 344 g/mol. The fourth-order valence-corrected chi connectivity index (χ4v) is 7.57. The smallest absolute Gasteiger partial charge is 0.158 e. The number of hydrogen-bond donors (Lipinski definition) is 4. The van der Waals surface area contributed by atoms with Gasteiger partial charge in [-0.05, 0) is 0 Å². The third-order valence-corrected chi connectivity index (χ3v) is 6.87. The topological polar surface area (TPSA) is 221 Å². The predicted molar refractivity (Wildman–Crippen MR) is 65.4 cm³/mol. The Kier molecular flexibility index (Phi) is 1.62. The van der Waals surface area contributed by atoms with Crippen LogP contribution in [0, 0.1) is 64.1 Å². The minimum absolute atomic E-state index is 0.769. The highest BCUT2D eigenvalue weighted by Gasteiger charge is 3.26. The average Bonchev–Trinajstić information content (AvgIpc) is 2.32. The van der Waals surface area contributed by atoms with Crippen molar-refractivity contribution in [3.63, 3.8) is 0 Å². The summed E-state index contributed by atoms with van der Waals surface area (Å²) in [5, 5.41) is 40.3. The summed E-state index contributed by atoms with van der Waals surface area (Å²) >= 11 is 0. The molecular weight excluding hydrogens is 336 g/mol. The van der Waals surface area contributed by atoms with Crippen molar-refractivity contribution >= 4 is 0 Å². The van der Waals surface area contributed by atoms with Crippen LogP contribution in [0.1, 0.15) is 0 Å². The Morgan fingerprint density at radius 3 is 0.792 bits per heavy atom. The third kappa shape index (κ3) is 0.755. The molecule has 0 heterocycles. The Bertz CT molecular complexity index is 605. The number of hydrogen-bond acceptors (Lipinski definition) is 8. The van der Waals surface area contributed by atoms with Gasteiger partial charge in [0, 0.05) is 23.7 Å². The van der Waals surface area contributed by atoms with E-state index in [2.05, 4.69) is 21.7 Å². The van der Waals surface area contributed by atoms with Crippen molar-refractivity contribution in [1.82, 2.24) is 21.7 Å². The second kappa shape index (κ2) is 2.94. The molecule has 4 N–H and O–H groups in total. The maximum Gasteiger partial charge on any atom is 0.158 e. The Morgan fingerprint density at radius 2 is 0.667 bits per heavy atom. The molecule has 0 unspecified atom stereocenters. The van der Waals surface area contributed by atoms with Gasteiger partial charge in [-0.3, -0.25) is 0 Å². The summed E-state index contributed by atoms with van der Waals surface area (Å²) in [4.78, 5) is 43.6. The molecule has 0 bridgehead atoms. The van der Waals surface area contributed by atoms with Crippen LogP contribution in [0.5, 0.6) is 0 Å². The molecule has 6 aliphatic carbocycles. The predicted octanol–water partition coefficient (Wildman–Crippen LogP) is -3.40. The maximum atomic E-state index is 10.9. The first-order chi connectivity index (χ1) is 11.1. The number of nitro groups is 4. The monoisotopic (exact) mass is 344 g/mol. The van der Waals surface area contributed by atoms with Crippen molar-refractivity contribution in [3.05, 3.63) is 40.5 Å². The van der Waals surface area contributed by atoms with Gasteiger partial charge in [-0.1, -0.05) is 0 Å². The molecule has 0 aromatic rings. The second-order valence-corrected chi connectivity index (χ2v) is 6.94. The van der Waals surface area contributed by atoms with Crippen molar-refractivity contribution in [3.8, 4) is 0 Å². The first kappa shape index (κ1) is 13.3. The van der Waals surface area contributed by atoms with Crippen LogP contribution in [-0.4, -0.2) is 42.3 Å². The van der Waals surface area contributed by atoms with E-state index in [0.717, 1.165) is 0 Å². The minimum atomic E-state index is -1.22. The molecule has 0 atom stereocenters. The first-order valence-electron chi connectivity index (χ1n) is 6.82. The molecule has 0 spiro atoms. The van der Waals surface area contributed by atoms with Gasteiger partial charge >= 0.3 is 0 Å². The highest BCUT2D eigenvalue weighted by molar-refractivity contribution is 5.75. The molecule has 0 aliphatic heterocycles. The summed E-state index contributed by atoms with van der Waals surface area (Å²) in [5.74, 6) is -3.08. The number of nitrogens with zero attached hydrogens (tertiary/aromatic N) is 4. The molecule has 0 radical (unpaired) electrons. The molecule has 16 nitrogen and oxygen atoms in total. The van der Waals surface area contributed by atoms with E-state index in [-0.39, 0.29) is 0 Å². The SMILES string of the molecule is O=[N+]([O-])NC12C3C4(N[N+](=O)[O-])C1C1(N[N+](=O)[O-])C2C3(N[N+](=O)[O-])C41.